The van der Waals surface area contributed by atoms with Gasteiger partial charge in [-0.3, -0.25) is 4.48 Å². The van der Waals surface area contributed by atoms with Crippen LogP contribution in [0.25, 0.3) is 0 Å². The van der Waals surface area contributed by atoms with Crippen molar-refractivity contribution in [1.82, 2.24) is 0 Å². The first kappa shape index (κ1) is 12.8. The first-order valence-electron chi connectivity index (χ1n) is 4.44. The predicted molar refractivity (Wildman–Crippen MR) is 53.4 cm³/mol. The zero-order chi connectivity index (χ0) is 11.4. The van der Waals surface area contributed by atoms with E-state index < -0.39 is 5.97 Å². The predicted octanol–water partition coefficient (Wildman–Crippen LogP) is 0.729. The van der Waals surface area contributed by atoms with Crippen LogP contribution in [0, 0.1) is 0 Å². The summed E-state index contributed by atoms with van der Waals surface area (Å²) < 4.78 is 5.09. The Balaban J connectivity index is 3.91. The Morgan fingerprint density at radius 2 is 1.79 bits per heavy atom. The van der Waals surface area contributed by atoms with Gasteiger partial charge in [0.05, 0.1) is 21.0 Å². The molecule has 0 fully saturated rings. The highest BCUT2D eigenvalue weighted by molar-refractivity contribution is 5.86. The lowest BCUT2D eigenvalue weighted by molar-refractivity contribution is -0.813. The van der Waals surface area contributed by atoms with Gasteiger partial charge < -0.3 is 4.74 Å². The minimum absolute atomic E-state index is 0.0383. The number of nitrogens with zero attached hydrogens (tertiary/aromatic N) is 1. The molecule has 1 amide bonds. The molecule has 4 nitrogen and oxygen atoms in total. The van der Waals surface area contributed by atoms with E-state index in [0.29, 0.717) is 12.1 Å². The molecule has 0 N–H and O–H groups in total. The molecule has 0 aromatic carbocycles. The van der Waals surface area contributed by atoms with E-state index in [2.05, 4.69) is 6.58 Å². The first-order valence-corrected chi connectivity index (χ1v) is 4.44. The highest BCUT2D eigenvalue weighted by Gasteiger charge is 2.21. The number of likely N-dealkylation sites (N-methyl/N-ethyl adjacent to an activating group) is 1. The Bertz CT molecular complexity index is 256. The van der Waals surface area contributed by atoms with Gasteiger partial charge >= 0.3 is 11.9 Å². The minimum Gasteiger partial charge on any atom is -0.456 e. The second-order valence-corrected chi connectivity index (χ2v) is 3.84. The summed E-state index contributed by atoms with van der Waals surface area (Å²) in [6, 6.07) is 0. The summed E-state index contributed by atoms with van der Waals surface area (Å²) in [5.74, 6) is -0.370. The molecular formula is C10H18NO3+. The lowest BCUT2D eigenvalue weighted by atomic mass is 10.4. The van der Waals surface area contributed by atoms with Gasteiger partial charge in [0.1, 0.15) is 13.2 Å². The molecule has 0 aliphatic carbocycles. The van der Waals surface area contributed by atoms with Gasteiger partial charge in [0.15, 0.2) is 0 Å². The maximum atomic E-state index is 11.1. The summed E-state index contributed by atoms with van der Waals surface area (Å²) in [5.41, 5.74) is 0.373. The van der Waals surface area contributed by atoms with Crippen molar-refractivity contribution in [2.24, 2.45) is 0 Å². The summed E-state index contributed by atoms with van der Waals surface area (Å²) in [6.45, 7) is 7.28. The van der Waals surface area contributed by atoms with Gasteiger partial charge in [-0.05, 0) is 6.92 Å². The van der Waals surface area contributed by atoms with E-state index in [1.54, 1.807) is 21.0 Å². The normalized spacial score (nSPS) is 10.9. The number of esters is 1. The number of rotatable bonds is 4. The Hall–Kier alpha value is -1.16. The minimum atomic E-state index is -0.409. The Morgan fingerprint density at radius 1 is 1.29 bits per heavy atom. The van der Waals surface area contributed by atoms with Crippen LogP contribution < -0.4 is 0 Å². The van der Waals surface area contributed by atoms with Gasteiger partial charge in [0, 0.05) is 5.57 Å². The van der Waals surface area contributed by atoms with Crippen molar-refractivity contribution in [2.45, 2.75) is 13.8 Å². The molecule has 0 unspecified atom stereocenters. The first-order chi connectivity index (χ1) is 6.27. The maximum absolute atomic E-state index is 11.1. The fraction of sp³-hybridized carbons (Fsp3) is 0.600. The number of hydrogen-bond donors (Lipinski definition) is 0. The molecule has 0 aromatic heterocycles. The van der Waals surface area contributed by atoms with E-state index in [9.17, 15) is 9.59 Å². The number of hydrogen-bond acceptors (Lipinski definition) is 3. The summed E-state index contributed by atoms with van der Waals surface area (Å²) in [7, 11) is 3.55. The van der Waals surface area contributed by atoms with Crippen molar-refractivity contribution >= 4 is 11.9 Å². The molecule has 0 spiro atoms. The van der Waals surface area contributed by atoms with E-state index in [1.807, 2.05) is 0 Å². The van der Waals surface area contributed by atoms with Crippen molar-refractivity contribution in [2.75, 3.05) is 27.2 Å². The molecule has 0 aromatic rings. The molecule has 14 heavy (non-hydrogen) atoms. The molecule has 0 radical (unpaired) electrons. The van der Waals surface area contributed by atoms with Crippen LogP contribution in [-0.4, -0.2) is 43.6 Å². The van der Waals surface area contributed by atoms with Crippen LogP contribution in [0.1, 0.15) is 13.8 Å². The van der Waals surface area contributed by atoms with E-state index in [1.165, 1.54) is 6.92 Å². The van der Waals surface area contributed by atoms with Crippen molar-refractivity contribution in [3.8, 4) is 0 Å². The van der Waals surface area contributed by atoms with Crippen LogP contribution in [0.15, 0.2) is 12.2 Å². The zero-order valence-electron chi connectivity index (χ0n) is 9.29. The summed E-state index contributed by atoms with van der Waals surface area (Å²) in [5, 5.41) is 0. The SMILES string of the molecule is C=C(C)C(=O)OCC[N+](C)(C)C(C)=O. The van der Waals surface area contributed by atoms with E-state index in [-0.39, 0.29) is 17.0 Å². The fourth-order valence-corrected chi connectivity index (χ4v) is 0.647. The largest absolute Gasteiger partial charge is 0.456 e. The number of carbonyl (C=O) groups excluding carboxylic acids is 2. The highest BCUT2D eigenvalue weighted by atomic mass is 16.5. The third-order valence-corrected chi connectivity index (χ3v) is 2.08. The molecule has 0 aliphatic rings. The molecule has 0 saturated heterocycles. The Kier molecular flexibility index (Phi) is 4.50. The van der Waals surface area contributed by atoms with Crippen LogP contribution in [0.3, 0.4) is 0 Å². The van der Waals surface area contributed by atoms with Gasteiger partial charge in [-0.2, -0.15) is 0 Å². The van der Waals surface area contributed by atoms with E-state index in [4.69, 9.17) is 4.74 Å². The second kappa shape index (κ2) is 4.91. The Labute approximate surface area is 84.7 Å². The van der Waals surface area contributed by atoms with Crippen LogP contribution in [-0.2, 0) is 14.3 Å². The lowest BCUT2D eigenvalue weighted by Gasteiger charge is -2.24. The lowest BCUT2D eigenvalue weighted by Crippen LogP contribution is -2.46. The number of quaternary nitrogens is 1. The molecule has 0 atom stereocenters. The molecular weight excluding hydrogens is 182 g/mol. The van der Waals surface area contributed by atoms with Crippen LogP contribution in [0.2, 0.25) is 0 Å². The quantitative estimate of drug-likeness (QED) is 0.382. The average molecular weight is 200 g/mol. The van der Waals surface area contributed by atoms with Gasteiger partial charge in [0.25, 0.3) is 0 Å². The van der Waals surface area contributed by atoms with Crippen molar-refractivity contribution in [3.63, 3.8) is 0 Å². The van der Waals surface area contributed by atoms with Gasteiger partial charge in [-0.1, -0.05) is 6.58 Å². The average Bonchev–Trinajstić information content (AvgIpc) is 2.03. The standard InChI is InChI=1S/C10H18NO3/c1-8(2)10(13)14-7-6-11(4,5)9(3)12/h1,6-7H2,2-5H3/q+1. The molecule has 0 aliphatic heterocycles. The summed E-state index contributed by atoms with van der Waals surface area (Å²) in [6.07, 6.45) is 0. The summed E-state index contributed by atoms with van der Waals surface area (Å²) in [4.78, 5) is 22.1. The number of amides is 1. The van der Waals surface area contributed by atoms with Gasteiger partial charge in [0.2, 0.25) is 0 Å². The van der Waals surface area contributed by atoms with Gasteiger partial charge in [-0.25, -0.2) is 9.59 Å². The fourth-order valence-electron chi connectivity index (χ4n) is 0.647. The molecule has 0 saturated carbocycles. The molecule has 0 bridgehead atoms. The number of ether oxygens (including phenoxy) is 1. The molecule has 0 heterocycles. The topological polar surface area (TPSA) is 43.4 Å². The monoisotopic (exact) mass is 200 g/mol. The van der Waals surface area contributed by atoms with Crippen LogP contribution in [0.4, 0.5) is 0 Å². The molecule has 0 rings (SSSR count). The third-order valence-electron chi connectivity index (χ3n) is 2.08. The van der Waals surface area contributed by atoms with E-state index in [0.717, 1.165) is 0 Å². The van der Waals surface area contributed by atoms with Crippen LogP contribution >= 0.6 is 0 Å². The Morgan fingerprint density at radius 3 is 2.14 bits per heavy atom. The molecule has 4 heteroatoms. The van der Waals surface area contributed by atoms with Crippen molar-refractivity contribution in [3.05, 3.63) is 12.2 Å². The smallest absolute Gasteiger partial charge is 0.333 e. The van der Waals surface area contributed by atoms with Gasteiger partial charge in [-0.15, -0.1) is 0 Å². The summed E-state index contributed by atoms with van der Waals surface area (Å²) >= 11 is 0. The highest BCUT2D eigenvalue weighted by Crippen LogP contribution is 1.99. The maximum Gasteiger partial charge on any atom is 0.333 e. The van der Waals surface area contributed by atoms with Crippen LogP contribution in [0.5, 0.6) is 0 Å². The van der Waals surface area contributed by atoms with Crippen molar-refractivity contribution in [1.29, 1.82) is 0 Å². The number of carbonyl (C=O) groups is 2. The zero-order valence-corrected chi connectivity index (χ0v) is 9.29. The second-order valence-electron chi connectivity index (χ2n) is 3.84. The molecule has 80 valence electrons. The van der Waals surface area contributed by atoms with Crippen molar-refractivity contribution < 1.29 is 18.8 Å². The third kappa shape index (κ3) is 4.18. The van der Waals surface area contributed by atoms with E-state index >= 15 is 0 Å².